The second-order valence-corrected chi connectivity index (χ2v) is 9.06. The Bertz CT molecular complexity index is 1080. The largest absolute Gasteiger partial charge is 0.490 e. The van der Waals surface area contributed by atoms with Crippen LogP contribution in [0.3, 0.4) is 0 Å². The highest BCUT2D eigenvalue weighted by Crippen LogP contribution is 2.54. The van der Waals surface area contributed by atoms with Gasteiger partial charge in [0.25, 0.3) is 0 Å². The highest BCUT2D eigenvalue weighted by molar-refractivity contribution is 6.13. The summed E-state index contributed by atoms with van der Waals surface area (Å²) in [5, 5.41) is 13.3. The Morgan fingerprint density at radius 2 is 2.03 bits per heavy atom. The first kappa shape index (κ1) is 19.0. The van der Waals surface area contributed by atoms with Gasteiger partial charge in [0.15, 0.2) is 17.4 Å². The van der Waals surface area contributed by atoms with E-state index in [0.29, 0.717) is 36.4 Å². The molecule has 0 bridgehead atoms. The normalized spacial score (nSPS) is 21.2. The molecule has 6 rings (SSSR count). The number of anilines is 3. The molecule has 2 saturated carbocycles. The molecule has 2 fully saturated rings. The molecule has 7 nitrogen and oxygen atoms in total. The molecule has 2 aliphatic heterocycles. The second kappa shape index (κ2) is 6.88. The predicted molar refractivity (Wildman–Crippen MR) is 112 cm³/mol. The quantitative estimate of drug-likeness (QED) is 0.781. The summed E-state index contributed by atoms with van der Waals surface area (Å²) in [7, 11) is 0. The Labute approximate surface area is 179 Å². The zero-order valence-electron chi connectivity index (χ0n) is 17.3. The van der Waals surface area contributed by atoms with Crippen LogP contribution in [0.5, 0.6) is 5.75 Å². The van der Waals surface area contributed by atoms with Gasteiger partial charge in [0.2, 0.25) is 5.91 Å². The van der Waals surface area contributed by atoms with Crippen molar-refractivity contribution in [1.82, 2.24) is 9.97 Å². The number of fused-ring (bicyclic) bond motifs is 3. The minimum absolute atomic E-state index is 0.0660. The number of nitrogens with zero attached hydrogens (tertiary/aromatic N) is 3. The van der Waals surface area contributed by atoms with Gasteiger partial charge in [-0.05, 0) is 31.7 Å². The van der Waals surface area contributed by atoms with Gasteiger partial charge in [0.1, 0.15) is 18.2 Å². The maximum absolute atomic E-state index is 14.8. The van der Waals surface area contributed by atoms with Crippen LogP contribution in [0.4, 0.5) is 21.7 Å². The lowest BCUT2D eigenvalue weighted by molar-refractivity contribution is -0.123. The zero-order valence-corrected chi connectivity index (χ0v) is 17.3. The fourth-order valence-electron chi connectivity index (χ4n) is 5.34. The van der Waals surface area contributed by atoms with Crippen molar-refractivity contribution in [2.24, 2.45) is 0 Å². The summed E-state index contributed by atoms with van der Waals surface area (Å²) >= 11 is 0. The zero-order chi connectivity index (χ0) is 21.2. The van der Waals surface area contributed by atoms with Crippen LogP contribution in [-0.2, 0) is 23.2 Å². The highest BCUT2D eigenvalue weighted by atomic mass is 19.1. The van der Waals surface area contributed by atoms with Crippen molar-refractivity contribution in [3.63, 3.8) is 0 Å². The van der Waals surface area contributed by atoms with Gasteiger partial charge in [-0.25, -0.2) is 14.4 Å². The first-order valence-corrected chi connectivity index (χ1v) is 11.2. The van der Waals surface area contributed by atoms with Gasteiger partial charge in [-0.3, -0.25) is 9.69 Å². The van der Waals surface area contributed by atoms with E-state index >= 15 is 0 Å². The van der Waals surface area contributed by atoms with Gasteiger partial charge < -0.3 is 15.2 Å². The fourth-order valence-corrected chi connectivity index (χ4v) is 5.34. The number of aliphatic hydroxyl groups is 1. The number of hydrogen-bond donors (Lipinski definition) is 2. The molecule has 3 heterocycles. The van der Waals surface area contributed by atoms with E-state index in [-0.39, 0.29) is 24.1 Å². The molecule has 2 aromatic rings. The van der Waals surface area contributed by atoms with Crippen LogP contribution in [0.1, 0.15) is 61.9 Å². The third-order valence-corrected chi connectivity index (χ3v) is 6.99. The summed E-state index contributed by atoms with van der Waals surface area (Å²) in [6.07, 6.45) is 7.20. The number of ether oxygens (including phenoxy) is 1. The van der Waals surface area contributed by atoms with Crippen LogP contribution in [-0.4, -0.2) is 33.6 Å². The number of amides is 1. The van der Waals surface area contributed by atoms with E-state index in [9.17, 15) is 14.3 Å². The lowest BCUT2D eigenvalue weighted by Gasteiger charge is -2.33. The van der Waals surface area contributed by atoms with Crippen LogP contribution >= 0.6 is 0 Å². The van der Waals surface area contributed by atoms with Gasteiger partial charge >= 0.3 is 0 Å². The minimum atomic E-state index is -0.704. The summed E-state index contributed by atoms with van der Waals surface area (Å²) in [5.74, 6) is 1.14. The van der Waals surface area contributed by atoms with Crippen molar-refractivity contribution >= 4 is 23.2 Å². The summed E-state index contributed by atoms with van der Waals surface area (Å²) < 4.78 is 20.2. The van der Waals surface area contributed by atoms with Gasteiger partial charge in [-0.15, -0.1) is 0 Å². The molecular weight excluding hydrogens is 399 g/mol. The summed E-state index contributed by atoms with van der Waals surface area (Å²) in [4.78, 5) is 24.8. The van der Waals surface area contributed by atoms with Crippen molar-refractivity contribution in [3.8, 4) is 5.75 Å². The first-order valence-electron chi connectivity index (χ1n) is 11.2. The van der Waals surface area contributed by atoms with Crippen molar-refractivity contribution in [2.45, 2.75) is 69.4 Å². The Morgan fingerprint density at radius 1 is 1.23 bits per heavy atom. The standard InChI is InChI=1S/C23H25FN4O3/c24-16-11-15(10-13-6-9-31-19(13)16)28-21-18(23(22(28)30)7-2-1-3-8-23)20(25-14-4-5-14)26-17(12-29)27-21/h10-11,14,29H,1-9,12H2,(H,25,26,27). The van der Waals surface area contributed by atoms with Crippen molar-refractivity contribution in [1.29, 1.82) is 0 Å². The number of aliphatic hydroxyl groups excluding tert-OH is 1. The molecule has 1 aromatic heterocycles. The van der Waals surface area contributed by atoms with Gasteiger partial charge in [0, 0.05) is 24.1 Å². The number of halogens is 1. The van der Waals surface area contributed by atoms with Crippen molar-refractivity contribution in [3.05, 3.63) is 34.9 Å². The molecule has 2 aliphatic carbocycles. The predicted octanol–water partition coefficient (Wildman–Crippen LogP) is 3.50. The molecule has 0 unspecified atom stereocenters. The molecule has 4 aliphatic rings. The van der Waals surface area contributed by atoms with E-state index in [0.717, 1.165) is 56.1 Å². The number of rotatable bonds is 4. The van der Waals surface area contributed by atoms with E-state index in [1.165, 1.54) is 6.07 Å². The molecule has 1 spiro atoms. The lowest BCUT2D eigenvalue weighted by Crippen LogP contribution is -2.40. The molecule has 0 radical (unpaired) electrons. The van der Waals surface area contributed by atoms with Gasteiger partial charge in [-0.1, -0.05) is 19.3 Å². The molecule has 162 valence electrons. The summed E-state index contributed by atoms with van der Waals surface area (Å²) in [5.41, 5.74) is 1.35. The van der Waals surface area contributed by atoms with Crippen LogP contribution in [0.25, 0.3) is 0 Å². The third kappa shape index (κ3) is 2.84. The summed E-state index contributed by atoms with van der Waals surface area (Å²) in [6, 6.07) is 3.54. The smallest absolute Gasteiger partial charge is 0.243 e. The Balaban J connectivity index is 1.56. The van der Waals surface area contributed by atoms with Crippen molar-refractivity contribution < 1.29 is 19.0 Å². The maximum Gasteiger partial charge on any atom is 0.243 e. The molecule has 1 aromatic carbocycles. The fraction of sp³-hybridized carbons (Fsp3) is 0.522. The SMILES string of the molecule is O=C1N(c2cc(F)c3c(c2)CCO3)c2nc(CO)nc(NC3CC3)c2C12CCCCC2. The van der Waals surface area contributed by atoms with Crippen LogP contribution < -0.4 is 15.0 Å². The van der Waals surface area contributed by atoms with Crippen LogP contribution in [0.2, 0.25) is 0 Å². The van der Waals surface area contributed by atoms with E-state index < -0.39 is 11.2 Å². The number of carbonyl (C=O) groups is 1. The number of nitrogens with one attached hydrogen (secondary N) is 1. The average Bonchev–Trinajstić information content (AvgIpc) is 3.40. The van der Waals surface area contributed by atoms with E-state index in [1.807, 2.05) is 6.07 Å². The highest BCUT2D eigenvalue weighted by Gasteiger charge is 2.55. The molecule has 0 atom stereocenters. The number of benzene rings is 1. The second-order valence-electron chi connectivity index (χ2n) is 9.06. The van der Waals surface area contributed by atoms with Crippen LogP contribution in [0.15, 0.2) is 12.1 Å². The van der Waals surface area contributed by atoms with E-state index in [2.05, 4.69) is 15.3 Å². The Kier molecular flexibility index (Phi) is 4.21. The summed E-state index contributed by atoms with van der Waals surface area (Å²) in [6.45, 7) is 0.116. The van der Waals surface area contributed by atoms with Crippen molar-refractivity contribution in [2.75, 3.05) is 16.8 Å². The average molecular weight is 424 g/mol. The molecule has 0 saturated heterocycles. The number of hydrogen-bond acceptors (Lipinski definition) is 6. The molecule has 31 heavy (non-hydrogen) atoms. The van der Waals surface area contributed by atoms with Crippen LogP contribution in [0, 0.1) is 5.82 Å². The van der Waals surface area contributed by atoms with Gasteiger partial charge in [-0.2, -0.15) is 0 Å². The lowest BCUT2D eigenvalue weighted by atomic mass is 9.70. The number of carbonyl (C=O) groups excluding carboxylic acids is 1. The van der Waals surface area contributed by atoms with E-state index in [1.54, 1.807) is 4.90 Å². The molecule has 8 heteroatoms. The third-order valence-electron chi connectivity index (χ3n) is 6.99. The van der Waals surface area contributed by atoms with Gasteiger partial charge in [0.05, 0.1) is 23.3 Å². The Morgan fingerprint density at radius 3 is 2.77 bits per heavy atom. The Hall–Kier alpha value is -2.74. The monoisotopic (exact) mass is 424 g/mol. The molecule has 2 N–H and O–H groups in total. The molecule has 1 amide bonds. The first-order chi connectivity index (χ1) is 15.1. The van der Waals surface area contributed by atoms with E-state index in [4.69, 9.17) is 4.74 Å². The minimum Gasteiger partial charge on any atom is -0.490 e. The maximum atomic E-state index is 14.8. The number of aromatic nitrogens is 2. The molecular formula is C23H25FN4O3. The topological polar surface area (TPSA) is 87.6 Å².